The van der Waals surface area contributed by atoms with Crippen molar-refractivity contribution in [3.05, 3.63) is 0 Å². The highest BCUT2D eigenvalue weighted by Gasteiger charge is 2.59. The second kappa shape index (κ2) is 2.65. The molecule has 0 amide bonds. The molecule has 0 aromatic rings. The molecule has 0 heterocycles. The molecule has 1 unspecified atom stereocenters. The van der Waals surface area contributed by atoms with Crippen LogP contribution in [0.5, 0.6) is 0 Å². The second-order valence-corrected chi connectivity index (χ2v) is 2.78. The Morgan fingerprint density at radius 2 is 1.60 bits per heavy atom. The van der Waals surface area contributed by atoms with Crippen LogP contribution in [0.25, 0.3) is 0 Å². The molecule has 0 aliphatic carbocycles. The Morgan fingerprint density at radius 1 is 1.30 bits per heavy atom. The number of hydrogen-bond acceptors (Lipinski definition) is 1. The molecule has 0 fully saturated rings. The quantitative estimate of drug-likeness (QED) is 0.392. The van der Waals surface area contributed by atoms with Gasteiger partial charge in [0.2, 0.25) is 0 Å². The minimum atomic E-state index is -5.31. The summed E-state index contributed by atoms with van der Waals surface area (Å²) in [5.74, 6) is 0. The highest BCUT2D eigenvalue weighted by molar-refractivity contribution is 9.10. The SMILES string of the molecule is O=C(Cl)C(F)(Br)C(F)(F)F. The third-order valence-electron chi connectivity index (χ3n) is 0.603. The van der Waals surface area contributed by atoms with Crippen molar-refractivity contribution in [2.24, 2.45) is 0 Å². The van der Waals surface area contributed by atoms with Crippen LogP contribution in [0.4, 0.5) is 17.6 Å². The fourth-order valence-corrected chi connectivity index (χ4v) is 0.219. The van der Waals surface area contributed by atoms with E-state index >= 15 is 0 Å². The number of hydrogen-bond donors (Lipinski definition) is 0. The normalized spacial score (nSPS) is 18.2. The van der Waals surface area contributed by atoms with Crippen LogP contribution in [-0.4, -0.2) is 16.0 Å². The first-order valence-electron chi connectivity index (χ1n) is 1.84. The lowest BCUT2D eigenvalue weighted by Gasteiger charge is -2.16. The van der Waals surface area contributed by atoms with Crippen LogP contribution in [0.1, 0.15) is 0 Å². The molecular weight excluding hydrogens is 243 g/mol. The van der Waals surface area contributed by atoms with Crippen LogP contribution >= 0.6 is 27.5 Å². The van der Waals surface area contributed by atoms with Gasteiger partial charge in [-0.1, -0.05) is 0 Å². The van der Waals surface area contributed by atoms with E-state index in [-0.39, 0.29) is 0 Å². The largest absolute Gasteiger partial charge is 0.441 e. The van der Waals surface area contributed by atoms with E-state index in [4.69, 9.17) is 0 Å². The number of carbonyl (C=O) groups excluding carboxylic acids is 1. The van der Waals surface area contributed by atoms with Crippen molar-refractivity contribution < 1.29 is 22.4 Å². The topological polar surface area (TPSA) is 17.1 Å². The number of carbonyl (C=O) groups is 1. The maximum absolute atomic E-state index is 12.0. The van der Waals surface area contributed by atoms with E-state index < -0.39 is 16.0 Å². The Bertz CT molecular complexity index is 153. The molecule has 0 saturated carbocycles. The monoisotopic (exact) mass is 242 g/mol. The van der Waals surface area contributed by atoms with E-state index in [9.17, 15) is 22.4 Å². The van der Waals surface area contributed by atoms with E-state index in [0.29, 0.717) is 0 Å². The zero-order valence-electron chi connectivity index (χ0n) is 4.18. The van der Waals surface area contributed by atoms with Crippen LogP contribution in [0.15, 0.2) is 0 Å². The molecule has 0 bridgehead atoms. The van der Waals surface area contributed by atoms with Gasteiger partial charge in [0.05, 0.1) is 0 Å². The van der Waals surface area contributed by atoms with Gasteiger partial charge in [0.25, 0.3) is 5.24 Å². The van der Waals surface area contributed by atoms with Gasteiger partial charge in [0, 0.05) is 0 Å². The van der Waals surface area contributed by atoms with Crippen molar-refractivity contribution in [1.82, 2.24) is 0 Å². The predicted octanol–water partition coefficient (Wildman–Crippen LogP) is 2.37. The van der Waals surface area contributed by atoms with Crippen molar-refractivity contribution in [3.63, 3.8) is 0 Å². The van der Waals surface area contributed by atoms with Crippen molar-refractivity contribution in [3.8, 4) is 0 Å². The van der Waals surface area contributed by atoms with Gasteiger partial charge < -0.3 is 0 Å². The van der Waals surface area contributed by atoms with E-state index in [0.717, 1.165) is 0 Å². The van der Waals surface area contributed by atoms with Gasteiger partial charge in [0.1, 0.15) is 0 Å². The molecule has 60 valence electrons. The zero-order valence-corrected chi connectivity index (χ0v) is 6.52. The summed E-state index contributed by atoms with van der Waals surface area (Å²) in [5.41, 5.74) is 0. The Labute approximate surface area is 66.5 Å². The fraction of sp³-hybridized carbons (Fsp3) is 0.667. The molecule has 0 aromatic carbocycles. The lowest BCUT2D eigenvalue weighted by atomic mass is 10.4. The highest BCUT2D eigenvalue weighted by atomic mass is 79.9. The van der Waals surface area contributed by atoms with Gasteiger partial charge in [0.15, 0.2) is 0 Å². The van der Waals surface area contributed by atoms with E-state index in [1.165, 1.54) is 15.9 Å². The molecule has 0 N–H and O–H groups in total. The van der Waals surface area contributed by atoms with Gasteiger partial charge in [-0.2, -0.15) is 13.2 Å². The summed E-state index contributed by atoms with van der Waals surface area (Å²) in [6.07, 6.45) is -5.31. The van der Waals surface area contributed by atoms with Crippen molar-refractivity contribution in [2.75, 3.05) is 0 Å². The molecule has 0 rings (SSSR count). The standard InChI is InChI=1S/C3BrClF4O/c4-2(6,1(5)10)3(7,8)9. The van der Waals surface area contributed by atoms with Crippen LogP contribution in [0, 0.1) is 0 Å². The number of alkyl halides is 5. The first kappa shape index (κ1) is 10.2. The maximum atomic E-state index is 12.0. The van der Waals surface area contributed by atoms with Gasteiger partial charge in [-0.05, 0) is 27.5 Å². The molecule has 1 nitrogen and oxygen atoms in total. The molecule has 10 heavy (non-hydrogen) atoms. The average Bonchev–Trinajstić information content (AvgIpc) is 1.62. The van der Waals surface area contributed by atoms with E-state index in [2.05, 4.69) is 11.6 Å². The molecule has 0 aromatic heterocycles. The lowest BCUT2D eigenvalue weighted by Crippen LogP contribution is -2.39. The smallest absolute Gasteiger partial charge is 0.276 e. The van der Waals surface area contributed by atoms with Gasteiger partial charge in [-0.15, -0.1) is 0 Å². The highest BCUT2D eigenvalue weighted by Crippen LogP contribution is 2.40. The van der Waals surface area contributed by atoms with Crippen LogP contribution in [0.2, 0.25) is 0 Å². The molecular formula is C3BrClF4O. The predicted molar refractivity (Wildman–Crippen MR) is 29.7 cm³/mol. The molecule has 0 saturated heterocycles. The third kappa shape index (κ3) is 1.82. The molecule has 7 heteroatoms. The first-order chi connectivity index (χ1) is 4.19. The second-order valence-electron chi connectivity index (χ2n) is 1.35. The summed E-state index contributed by atoms with van der Waals surface area (Å²) in [5, 5.41) is -2.14. The number of halogens is 6. The Balaban J connectivity index is 4.57. The van der Waals surface area contributed by atoms with Crippen molar-refractivity contribution in [2.45, 2.75) is 10.8 Å². The van der Waals surface area contributed by atoms with Gasteiger partial charge in [-0.25, -0.2) is 4.39 Å². The van der Waals surface area contributed by atoms with Crippen LogP contribution in [-0.2, 0) is 4.79 Å². The summed E-state index contributed by atoms with van der Waals surface area (Å²) in [4.78, 5) is 9.74. The van der Waals surface area contributed by atoms with Gasteiger partial charge in [-0.3, -0.25) is 4.79 Å². The summed E-state index contributed by atoms with van der Waals surface area (Å²) in [6.45, 7) is 0. The molecule has 1 atom stereocenters. The Hall–Kier alpha value is 0.160. The Morgan fingerprint density at radius 3 is 1.60 bits per heavy atom. The van der Waals surface area contributed by atoms with E-state index in [1.807, 2.05) is 0 Å². The summed E-state index contributed by atoms with van der Waals surface area (Å²) >= 11 is 5.77. The fourth-order valence-electron chi connectivity index (χ4n) is 0.111. The van der Waals surface area contributed by atoms with E-state index in [1.54, 1.807) is 0 Å². The maximum Gasteiger partial charge on any atom is 0.441 e. The summed E-state index contributed by atoms with van der Waals surface area (Å²) in [6, 6.07) is 0. The van der Waals surface area contributed by atoms with Crippen LogP contribution < -0.4 is 0 Å². The minimum Gasteiger partial charge on any atom is -0.276 e. The van der Waals surface area contributed by atoms with Crippen molar-refractivity contribution in [1.29, 1.82) is 0 Å². The molecule has 0 aliphatic rings. The third-order valence-corrected chi connectivity index (χ3v) is 1.90. The summed E-state index contributed by atoms with van der Waals surface area (Å²) < 4.78 is 42.0. The zero-order chi connectivity index (χ0) is 8.58. The molecule has 0 radical (unpaired) electrons. The minimum absolute atomic E-state index is 1.49. The first-order valence-corrected chi connectivity index (χ1v) is 3.01. The van der Waals surface area contributed by atoms with Crippen molar-refractivity contribution >= 4 is 32.8 Å². The molecule has 0 aliphatic heterocycles. The molecule has 0 spiro atoms. The summed E-state index contributed by atoms with van der Waals surface area (Å²) in [7, 11) is 0. The number of rotatable bonds is 1. The van der Waals surface area contributed by atoms with Gasteiger partial charge >= 0.3 is 10.8 Å². The average molecular weight is 243 g/mol. The lowest BCUT2D eigenvalue weighted by molar-refractivity contribution is -0.190. The Kier molecular flexibility index (Phi) is 2.70. The van der Waals surface area contributed by atoms with Crippen LogP contribution in [0.3, 0.4) is 0 Å².